The fourth-order valence-corrected chi connectivity index (χ4v) is 5.00. The molecule has 1 aliphatic carbocycles. The number of non-ortho nitro benzene ring substituents is 1. The molecule has 28 heavy (non-hydrogen) atoms. The third kappa shape index (κ3) is 3.57. The molecule has 1 saturated carbocycles. The maximum absolute atomic E-state index is 13.0. The van der Waals surface area contributed by atoms with Gasteiger partial charge in [0.1, 0.15) is 5.70 Å². The van der Waals surface area contributed by atoms with Crippen LogP contribution >= 0.6 is 23.6 Å². The third-order valence-electron chi connectivity index (χ3n) is 5.19. The minimum absolute atomic E-state index is 0.0435. The standard InChI is InChI=1S/C20H19N3O3S2/c24-19-17(21-20(27)22(19)14-6-2-1-3-7-14)12-18-16(9-10-28-18)13-5-4-8-15(11-13)23(25)26/h4-5,8-12,14H,1-3,6-7H2,(H,21,27)/b17-12-. The highest BCUT2D eigenvalue weighted by Crippen LogP contribution is 2.33. The van der Waals surface area contributed by atoms with Gasteiger partial charge in [0.05, 0.1) is 4.92 Å². The molecule has 0 radical (unpaired) electrons. The van der Waals surface area contributed by atoms with Gasteiger partial charge in [-0.25, -0.2) is 0 Å². The van der Waals surface area contributed by atoms with E-state index in [0.29, 0.717) is 10.8 Å². The first-order chi connectivity index (χ1) is 13.5. The first-order valence-corrected chi connectivity index (χ1v) is 10.5. The van der Waals surface area contributed by atoms with Crippen molar-refractivity contribution in [2.45, 2.75) is 38.1 Å². The first kappa shape index (κ1) is 18.8. The van der Waals surface area contributed by atoms with Crippen molar-refractivity contribution in [2.75, 3.05) is 0 Å². The molecule has 0 atom stereocenters. The van der Waals surface area contributed by atoms with Gasteiger partial charge in [-0.2, -0.15) is 0 Å². The summed E-state index contributed by atoms with van der Waals surface area (Å²) in [7, 11) is 0. The van der Waals surface area contributed by atoms with Crippen molar-refractivity contribution >= 4 is 46.3 Å². The molecule has 2 aliphatic rings. The molecule has 1 aliphatic heterocycles. The van der Waals surface area contributed by atoms with Crippen LogP contribution in [0.2, 0.25) is 0 Å². The number of hydrogen-bond donors (Lipinski definition) is 1. The van der Waals surface area contributed by atoms with Crippen LogP contribution in [0.15, 0.2) is 41.4 Å². The van der Waals surface area contributed by atoms with Gasteiger partial charge in [0.15, 0.2) is 5.11 Å². The number of rotatable bonds is 4. The summed E-state index contributed by atoms with van der Waals surface area (Å²) in [6, 6.07) is 8.60. The van der Waals surface area contributed by atoms with Gasteiger partial charge in [0, 0.05) is 23.1 Å². The Kier molecular flexibility index (Phi) is 5.23. The van der Waals surface area contributed by atoms with Gasteiger partial charge in [-0.1, -0.05) is 31.4 Å². The summed E-state index contributed by atoms with van der Waals surface area (Å²) in [5, 5.41) is 16.5. The van der Waals surface area contributed by atoms with Crippen molar-refractivity contribution in [1.29, 1.82) is 0 Å². The molecule has 0 unspecified atom stereocenters. The Morgan fingerprint density at radius 3 is 2.79 bits per heavy atom. The zero-order valence-corrected chi connectivity index (χ0v) is 16.7. The molecule has 8 heteroatoms. The highest BCUT2D eigenvalue weighted by atomic mass is 32.1. The Morgan fingerprint density at radius 1 is 1.25 bits per heavy atom. The lowest BCUT2D eigenvalue weighted by molar-refractivity contribution is -0.384. The molecule has 6 nitrogen and oxygen atoms in total. The summed E-state index contributed by atoms with van der Waals surface area (Å²) in [6.45, 7) is 0. The third-order valence-corrected chi connectivity index (χ3v) is 6.35. The zero-order valence-electron chi connectivity index (χ0n) is 15.1. The van der Waals surface area contributed by atoms with Crippen LogP contribution in [-0.4, -0.2) is 26.9 Å². The summed E-state index contributed by atoms with van der Waals surface area (Å²) in [6.07, 6.45) is 7.23. The first-order valence-electron chi connectivity index (χ1n) is 9.23. The van der Waals surface area contributed by atoms with E-state index in [4.69, 9.17) is 12.2 Å². The van der Waals surface area contributed by atoms with Crippen LogP contribution in [-0.2, 0) is 4.79 Å². The van der Waals surface area contributed by atoms with E-state index in [-0.39, 0.29) is 17.6 Å². The fourth-order valence-electron chi connectivity index (χ4n) is 3.81. The number of amides is 1. The fraction of sp³-hybridized carbons (Fsp3) is 0.300. The van der Waals surface area contributed by atoms with Crippen LogP contribution in [0.4, 0.5) is 5.69 Å². The highest BCUT2D eigenvalue weighted by molar-refractivity contribution is 7.80. The molecule has 2 heterocycles. The SMILES string of the molecule is O=C1/C(=C/c2sccc2-c2cccc([N+](=O)[O-])c2)NC(=S)N1C1CCCCC1. The second-order valence-electron chi connectivity index (χ2n) is 6.96. The van der Waals surface area contributed by atoms with E-state index in [2.05, 4.69) is 5.32 Å². The number of nitrogens with one attached hydrogen (secondary N) is 1. The molecule has 4 rings (SSSR count). The van der Waals surface area contributed by atoms with Gasteiger partial charge in [-0.3, -0.25) is 19.8 Å². The zero-order chi connectivity index (χ0) is 19.7. The van der Waals surface area contributed by atoms with Crippen molar-refractivity contribution in [1.82, 2.24) is 10.2 Å². The minimum atomic E-state index is -0.406. The summed E-state index contributed by atoms with van der Waals surface area (Å²) in [5.41, 5.74) is 2.11. The molecule has 1 saturated heterocycles. The average Bonchev–Trinajstić information content (AvgIpc) is 3.27. The van der Waals surface area contributed by atoms with Gasteiger partial charge in [-0.05, 0) is 53.7 Å². The lowest BCUT2D eigenvalue weighted by Gasteiger charge is -2.29. The molecule has 144 valence electrons. The van der Waals surface area contributed by atoms with Crippen LogP contribution in [0.5, 0.6) is 0 Å². The summed E-state index contributed by atoms with van der Waals surface area (Å²) in [5.74, 6) is -0.0877. The maximum Gasteiger partial charge on any atom is 0.276 e. The Morgan fingerprint density at radius 2 is 2.04 bits per heavy atom. The average molecular weight is 414 g/mol. The number of thiocarbonyl (C=S) groups is 1. The molecule has 1 N–H and O–H groups in total. The quantitative estimate of drug-likeness (QED) is 0.340. The number of nitrogens with zero attached hydrogens (tertiary/aromatic N) is 2. The topological polar surface area (TPSA) is 75.5 Å². The monoisotopic (exact) mass is 413 g/mol. The van der Waals surface area contributed by atoms with Gasteiger partial charge in [-0.15, -0.1) is 11.3 Å². The lowest BCUT2D eigenvalue weighted by atomic mass is 9.94. The summed E-state index contributed by atoms with van der Waals surface area (Å²) in [4.78, 5) is 26.2. The van der Waals surface area contributed by atoms with Crippen molar-refractivity contribution in [2.24, 2.45) is 0 Å². The van der Waals surface area contributed by atoms with Crippen LogP contribution in [0.25, 0.3) is 17.2 Å². The number of carbonyl (C=O) groups excluding carboxylic acids is 1. The molecular formula is C20H19N3O3S2. The summed E-state index contributed by atoms with van der Waals surface area (Å²) < 4.78 is 0. The second-order valence-corrected chi connectivity index (χ2v) is 8.30. The summed E-state index contributed by atoms with van der Waals surface area (Å²) >= 11 is 6.91. The van der Waals surface area contributed by atoms with Crippen molar-refractivity contribution in [3.63, 3.8) is 0 Å². The maximum atomic E-state index is 13.0. The Hall–Kier alpha value is -2.58. The lowest BCUT2D eigenvalue weighted by Crippen LogP contribution is -2.41. The van der Waals surface area contributed by atoms with Crippen LogP contribution < -0.4 is 5.32 Å². The minimum Gasteiger partial charge on any atom is -0.328 e. The molecule has 1 aromatic carbocycles. The molecule has 2 aromatic rings. The Labute approximate surface area is 172 Å². The highest BCUT2D eigenvalue weighted by Gasteiger charge is 2.36. The predicted octanol–water partition coefficient (Wildman–Crippen LogP) is 4.71. The van der Waals surface area contributed by atoms with Gasteiger partial charge >= 0.3 is 0 Å². The molecule has 2 fully saturated rings. The van der Waals surface area contributed by atoms with Gasteiger partial charge in [0.2, 0.25) is 0 Å². The van der Waals surface area contributed by atoms with Gasteiger partial charge < -0.3 is 5.32 Å². The number of nitro groups is 1. The van der Waals surface area contributed by atoms with E-state index in [0.717, 1.165) is 41.7 Å². The van der Waals surface area contributed by atoms with Crippen molar-refractivity contribution in [3.8, 4) is 11.1 Å². The van der Waals surface area contributed by atoms with E-state index in [1.807, 2.05) is 17.5 Å². The van der Waals surface area contributed by atoms with Crippen LogP contribution in [0.3, 0.4) is 0 Å². The molecular weight excluding hydrogens is 394 g/mol. The number of nitro benzene ring substituents is 1. The molecule has 1 aromatic heterocycles. The van der Waals surface area contributed by atoms with E-state index in [9.17, 15) is 14.9 Å². The normalized spacial score (nSPS) is 19.3. The van der Waals surface area contributed by atoms with Crippen LogP contribution in [0, 0.1) is 10.1 Å². The Bertz CT molecular complexity index is 977. The van der Waals surface area contributed by atoms with E-state index >= 15 is 0 Å². The molecule has 0 spiro atoms. The smallest absolute Gasteiger partial charge is 0.276 e. The van der Waals surface area contributed by atoms with Crippen molar-refractivity contribution in [3.05, 3.63) is 56.4 Å². The van der Waals surface area contributed by atoms with Gasteiger partial charge in [0.25, 0.3) is 11.6 Å². The van der Waals surface area contributed by atoms with Crippen molar-refractivity contribution < 1.29 is 9.72 Å². The molecule has 0 bridgehead atoms. The number of carbonyl (C=O) groups is 1. The van der Waals surface area contributed by atoms with E-state index in [1.165, 1.54) is 23.8 Å². The van der Waals surface area contributed by atoms with Crippen LogP contribution in [0.1, 0.15) is 37.0 Å². The largest absolute Gasteiger partial charge is 0.328 e. The number of thiophene rings is 1. The molecule has 1 amide bonds. The van der Waals surface area contributed by atoms with E-state index < -0.39 is 4.92 Å². The second kappa shape index (κ2) is 7.81. The Balaban J connectivity index is 1.63. The number of benzene rings is 1. The number of hydrogen-bond acceptors (Lipinski definition) is 5. The van der Waals surface area contributed by atoms with E-state index in [1.54, 1.807) is 23.1 Å². The predicted molar refractivity (Wildman–Crippen MR) is 114 cm³/mol.